The lowest BCUT2D eigenvalue weighted by molar-refractivity contribution is -0.169. The van der Waals surface area contributed by atoms with Gasteiger partial charge in [0.15, 0.2) is 17.9 Å². The summed E-state index contributed by atoms with van der Waals surface area (Å²) < 4.78 is 13.2. The fourth-order valence-electron chi connectivity index (χ4n) is 7.50. The van der Waals surface area contributed by atoms with E-state index in [1.165, 1.54) is 22.3 Å². The Hall–Kier alpha value is -2.44. The maximum Gasteiger partial charge on any atom is 0.220 e. The minimum Gasteiger partial charge on any atom is -0.389 e. The van der Waals surface area contributed by atoms with Gasteiger partial charge in [0.2, 0.25) is 11.8 Å². The third-order valence-corrected chi connectivity index (χ3v) is 11.5. The lowest BCUT2D eigenvalue weighted by Crippen LogP contribution is -2.30. The summed E-state index contributed by atoms with van der Waals surface area (Å²) in [5, 5.41) is 15.0. The van der Waals surface area contributed by atoms with Crippen molar-refractivity contribution >= 4 is 55.2 Å². The minimum atomic E-state index is -0.359. The number of carbonyl (C=O) groups is 4. The van der Waals surface area contributed by atoms with Crippen molar-refractivity contribution < 1.29 is 33.8 Å². The van der Waals surface area contributed by atoms with E-state index in [9.17, 15) is 19.2 Å². The monoisotopic (exact) mass is 874 g/mol. The molecule has 1 saturated heterocycles. The molecular formula is C43H60Br2N2O7. The molecule has 1 fully saturated rings. The van der Waals surface area contributed by atoms with Gasteiger partial charge < -0.3 is 25.2 Å². The molecule has 0 aromatic heterocycles. The molecule has 3 atom stereocenters. The van der Waals surface area contributed by atoms with E-state index in [0.717, 1.165) is 125 Å². The molecule has 0 saturated carbocycles. The number of unbranched alkanes of at least 4 members (excludes halogenated alkanes) is 6. The maximum atomic E-state index is 12.4. The van der Waals surface area contributed by atoms with E-state index in [2.05, 4.69) is 72.8 Å². The second-order valence-corrected chi connectivity index (χ2v) is 16.7. The Kier molecular flexibility index (Phi) is 20.5. The van der Waals surface area contributed by atoms with Crippen LogP contribution in [0.15, 0.2) is 45.3 Å². The molecule has 2 aliphatic carbocycles. The highest BCUT2D eigenvalue weighted by atomic mass is 79.9. The van der Waals surface area contributed by atoms with E-state index in [1.807, 2.05) is 6.07 Å². The van der Waals surface area contributed by atoms with E-state index in [0.29, 0.717) is 25.7 Å². The van der Waals surface area contributed by atoms with Gasteiger partial charge in [0.1, 0.15) is 13.2 Å². The highest BCUT2D eigenvalue weighted by Gasteiger charge is 2.23. The zero-order chi connectivity index (χ0) is 38.5. The normalized spacial score (nSPS) is 19.1. The Morgan fingerprint density at radius 1 is 0.648 bits per heavy atom. The molecule has 0 radical (unpaired) electrons. The Bertz CT molecular complexity index is 1500. The summed E-state index contributed by atoms with van der Waals surface area (Å²) in [4.78, 5) is 47.4. The van der Waals surface area contributed by atoms with Crippen molar-refractivity contribution in [1.29, 1.82) is 0 Å². The Morgan fingerprint density at radius 3 is 1.63 bits per heavy atom. The molecule has 2 aromatic carbocycles. The number of nitrogens with one attached hydrogen (secondary N) is 2. The maximum absolute atomic E-state index is 12.4. The topological polar surface area (TPSA) is 131 Å². The van der Waals surface area contributed by atoms with Gasteiger partial charge in [-0.25, -0.2) is 0 Å². The number of ether oxygens (including phenoxy) is 2. The predicted octanol–water partition coefficient (Wildman–Crippen LogP) is 9.24. The second kappa shape index (κ2) is 24.9. The van der Waals surface area contributed by atoms with Crippen LogP contribution in [-0.2, 0) is 41.5 Å². The Balaban J connectivity index is 0.000000247. The van der Waals surface area contributed by atoms with Crippen molar-refractivity contribution in [2.24, 2.45) is 0 Å². The van der Waals surface area contributed by atoms with Crippen molar-refractivity contribution in [3.63, 3.8) is 0 Å². The third kappa shape index (κ3) is 16.3. The molecule has 0 spiro atoms. The molecule has 3 unspecified atom stereocenters. The van der Waals surface area contributed by atoms with E-state index in [4.69, 9.17) is 14.6 Å². The van der Waals surface area contributed by atoms with Gasteiger partial charge in [-0.15, -0.1) is 0 Å². The first kappa shape index (κ1) is 44.3. The van der Waals surface area contributed by atoms with Gasteiger partial charge in [-0.2, -0.15) is 0 Å². The first-order valence-electron chi connectivity index (χ1n) is 20.2. The Labute approximate surface area is 338 Å². The van der Waals surface area contributed by atoms with Gasteiger partial charge in [0, 0.05) is 41.2 Å². The lowest BCUT2D eigenvalue weighted by Gasteiger charge is -2.26. The van der Waals surface area contributed by atoms with Gasteiger partial charge >= 0.3 is 0 Å². The number of rotatable bonds is 20. The number of aliphatic hydroxyl groups excluding tert-OH is 1. The molecule has 0 bridgehead atoms. The summed E-state index contributed by atoms with van der Waals surface area (Å²) in [7, 11) is 0. The van der Waals surface area contributed by atoms with Crippen LogP contribution in [0, 0.1) is 0 Å². The average molecular weight is 877 g/mol. The molecule has 1 heterocycles. The van der Waals surface area contributed by atoms with E-state index < -0.39 is 0 Å². The van der Waals surface area contributed by atoms with Crippen LogP contribution in [0.25, 0.3) is 0 Å². The number of carbonyl (C=O) groups excluding carboxylic acids is 4. The number of fused-ring (bicyclic) bond motifs is 2. The van der Waals surface area contributed by atoms with Crippen LogP contribution in [0.2, 0.25) is 0 Å². The number of halogens is 2. The zero-order valence-corrected chi connectivity index (χ0v) is 35.0. The summed E-state index contributed by atoms with van der Waals surface area (Å²) >= 11 is 7.04. The molecule has 1 aliphatic heterocycles. The lowest BCUT2D eigenvalue weighted by atomic mass is 9.87. The van der Waals surface area contributed by atoms with Gasteiger partial charge in [-0.1, -0.05) is 69.7 Å². The standard InChI is InChI=1S/C24H34BrNO4.C19H26BrNO3/c25-19-13-14-21-18(16-19)8-7-10-22(21)26-23(28)11-4-2-1-3-9-20(27)17-30-24-12-5-6-15-29-24;20-15-10-11-17-14(12-15)6-5-8-18(17)21-19(24)9-4-2-1-3-7-16(23)13-22/h13-14,16,22,24H,1-12,15,17H2,(H,26,28);10-12,18,22H,1-9,13H2,(H,21,24). The smallest absolute Gasteiger partial charge is 0.220 e. The summed E-state index contributed by atoms with van der Waals surface area (Å²) in [5.74, 6) is 0.287. The number of ketones is 2. The van der Waals surface area contributed by atoms with E-state index in [-0.39, 0.29) is 55.0 Å². The van der Waals surface area contributed by atoms with Gasteiger partial charge in [0.05, 0.1) is 12.1 Å². The summed E-state index contributed by atoms with van der Waals surface area (Å²) in [6.45, 7) is 0.534. The number of Topliss-reactive ketones (excluding diaryl/α,β-unsaturated/α-hetero) is 2. The van der Waals surface area contributed by atoms with Crippen molar-refractivity contribution in [3.05, 3.63) is 67.6 Å². The molecule has 3 aliphatic rings. The van der Waals surface area contributed by atoms with Crippen LogP contribution >= 0.6 is 31.9 Å². The molecule has 2 aromatic rings. The molecule has 5 rings (SSSR count). The van der Waals surface area contributed by atoms with Crippen molar-refractivity contribution in [3.8, 4) is 0 Å². The number of hydrogen-bond acceptors (Lipinski definition) is 7. The van der Waals surface area contributed by atoms with Gasteiger partial charge in [0.25, 0.3) is 0 Å². The van der Waals surface area contributed by atoms with Crippen LogP contribution in [0.1, 0.15) is 156 Å². The minimum absolute atomic E-state index is 0.102. The fourth-order valence-corrected chi connectivity index (χ4v) is 8.32. The van der Waals surface area contributed by atoms with Crippen molar-refractivity contribution in [1.82, 2.24) is 10.6 Å². The van der Waals surface area contributed by atoms with E-state index >= 15 is 0 Å². The molecule has 3 N–H and O–H groups in total. The third-order valence-electron chi connectivity index (χ3n) is 10.5. The van der Waals surface area contributed by atoms with Crippen LogP contribution < -0.4 is 10.6 Å². The molecule has 11 heteroatoms. The van der Waals surface area contributed by atoms with E-state index in [1.54, 1.807) is 0 Å². The van der Waals surface area contributed by atoms with Gasteiger partial charge in [-0.3, -0.25) is 19.2 Å². The first-order valence-corrected chi connectivity index (χ1v) is 21.8. The fraction of sp³-hybridized carbons (Fsp3) is 0.628. The quantitative estimate of drug-likeness (QED) is 0.113. The molecule has 9 nitrogen and oxygen atoms in total. The SMILES string of the molecule is O=C(CCCCCCC(=O)NC1CCCc2cc(Br)ccc21)COC1CCCCO1.O=C(CO)CCCCCCC(=O)NC1CCCc2cc(Br)ccc21. The summed E-state index contributed by atoms with van der Waals surface area (Å²) in [6, 6.07) is 12.9. The second-order valence-electron chi connectivity index (χ2n) is 14.9. The highest BCUT2D eigenvalue weighted by molar-refractivity contribution is 9.10. The van der Waals surface area contributed by atoms with Crippen LogP contribution in [0.3, 0.4) is 0 Å². The summed E-state index contributed by atoms with van der Waals surface area (Å²) in [5.41, 5.74) is 5.18. The number of hydrogen-bond donors (Lipinski definition) is 3. The van der Waals surface area contributed by atoms with Crippen LogP contribution in [-0.4, -0.2) is 54.6 Å². The van der Waals surface area contributed by atoms with Gasteiger partial charge in [-0.05, 0) is 130 Å². The van der Waals surface area contributed by atoms with Crippen LogP contribution in [0.4, 0.5) is 0 Å². The zero-order valence-electron chi connectivity index (χ0n) is 31.8. The van der Waals surface area contributed by atoms with Crippen LogP contribution in [0.5, 0.6) is 0 Å². The van der Waals surface area contributed by atoms with Crippen molar-refractivity contribution in [2.75, 3.05) is 19.8 Å². The number of aryl methyl sites for hydroxylation is 2. The van der Waals surface area contributed by atoms with Crippen molar-refractivity contribution in [2.45, 2.75) is 153 Å². The number of benzene rings is 2. The molecule has 2 amide bonds. The Morgan fingerprint density at radius 2 is 1.15 bits per heavy atom. The first-order chi connectivity index (χ1) is 26.2. The largest absolute Gasteiger partial charge is 0.389 e. The molecule has 54 heavy (non-hydrogen) atoms. The molecular weight excluding hydrogens is 816 g/mol. The highest BCUT2D eigenvalue weighted by Crippen LogP contribution is 2.33. The molecule has 298 valence electrons. The number of amides is 2. The number of aliphatic hydroxyl groups is 1. The summed E-state index contributed by atoms with van der Waals surface area (Å²) in [6.07, 6.45) is 18.5. The average Bonchev–Trinajstić information content (AvgIpc) is 3.17. The predicted molar refractivity (Wildman–Crippen MR) is 218 cm³/mol.